The molecule has 0 aromatic carbocycles. The molecule has 1 aliphatic heterocycles. The van der Waals surface area contributed by atoms with Gasteiger partial charge in [-0.15, -0.1) is 0 Å². The molecule has 0 aromatic rings. The van der Waals surface area contributed by atoms with Crippen LogP contribution >= 0.6 is 11.8 Å². The molecule has 16 heavy (non-hydrogen) atoms. The maximum absolute atomic E-state index is 9.05. The average molecular weight is 241 g/mol. The first-order valence-electron chi connectivity index (χ1n) is 6.43. The van der Waals surface area contributed by atoms with Gasteiger partial charge in [-0.1, -0.05) is 38.5 Å². The van der Waals surface area contributed by atoms with Crippen molar-refractivity contribution >= 4 is 11.8 Å². The highest BCUT2D eigenvalue weighted by molar-refractivity contribution is 8.00. The van der Waals surface area contributed by atoms with Crippen molar-refractivity contribution in [3.63, 3.8) is 0 Å². The minimum atomic E-state index is 0.0432. The van der Waals surface area contributed by atoms with E-state index in [9.17, 15) is 0 Å². The average Bonchev–Trinajstić information content (AvgIpc) is 2.25. The first-order valence-corrected chi connectivity index (χ1v) is 7.58. The molecule has 2 nitrogen and oxygen atoms in total. The molecule has 1 aliphatic rings. The topological polar surface area (TPSA) is 44.0 Å². The zero-order valence-electron chi connectivity index (χ0n) is 10.1. The van der Waals surface area contributed by atoms with Crippen molar-refractivity contribution in [2.75, 3.05) is 18.1 Å². The predicted molar refractivity (Wildman–Crippen MR) is 69.4 cm³/mol. The quantitative estimate of drug-likeness (QED) is 0.630. The molecular formula is C13H23NOS. The summed E-state index contributed by atoms with van der Waals surface area (Å²) >= 11 is 1.90. The Morgan fingerprint density at radius 2 is 1.56 bits per heavy atom. The molecule has 1 rings (SSSR count). The summed E-state index contributed by atoms with van der Waals surface area (Å²) in [5.74, 6) is 2.11. The van der Waals surface area contributed by atoms with Gasteiger partial charge >= 0.3 is 0 Å². The number of nitrogens with zero attached hydrogens (tertiary/aromatic N) is 1. The van der Waals surface area contributed by atoms with E-state index in [1.165, 1.54) is 32.1 Å². The molecule has 3 heteroatoms. The molecule has 0 spiro atoms. The van der Waals surface area contributed by atoms with E-state index in [0.717, 1.165) is 30.8 Å². The van der Waals surface area contributed by atoms with E-state index in [1.807, 2.05) is 11.8 Å². The summed E-state index contributed by atoms with van der Waals surface area (Å²) in [6, 6.07) is 2.49. The summed E-state index contributed by atoms with van der Waals surface area (Å²) in [5, 5.41) is 17.7. The standard InChI is InChI=1S/C13H23NOS/c14-10-13(11-16-12-13)8-6-4-2-1-3-5-7-9-15/h15H,1-9,11-12H2. The van der Waals surface area contributed by atoms with E-state index in [2.05, 4.69) is 6.07 Å². The molecule has 0 saturated carbocycles. The smallest absolute Gasteiger partial charge is 0.0754 e. The van der Waals surface area contributed by atoms with E-state index < -0.39 is 0 Å². The second kappa shape index (κ2) is 7.97. The highest BCUT2D eigenvalue weighted by atomic mass is 32.2. The van der Waals surface area contributed by atoms with Crippen molar-refractivity contribution in [3.8, 4) is 6.07 Å². The lowest BCUT2D eigenvalue weighted by Gasteiger charge is -2.34. The molecular weight excluding hydrogens is 218 g/mol. The van der Waals surface area contributed by atoms with Crippen LogP contribution in [-0.2, 0) is 0 Å². The molecule has 1 N–H and O–H groups in total. The Bertz CT molecular complexity index is 220. The number of aliphatic hydroxyl groups is 1. The highest BCUT2D eigenvalue weighted by Gasteiger charge is 2.37. The lowest BCUT2D eigenvalue weighted by Crippen LogP contribution is -2.33. The number of hydrogen-bond donors (Lipinski definition) is 1. The van der Waals surface area contributed by atoms with Gasteiger partial charge in [0.05, 0.1) is 11.5 Å². The molecule has 0 aromatic heterocycles. The number of aliphatic hydroxyl groups excluding tert-OH is 1. The van der Waals surface area contributed by atoms with E-state index in [4.69, 9.17) is 10.4 Å². The van der Waals surface area contributed by atoms with Gasteiger partial charge in [-0.25, -0.2) is 0 Å². The summed E-state index contributed by atoms with van der Waals surface area (Å²) in [6.07, 6.45) is 9.53. The largest absolute Gasteiger partial charge is 0.396 e. The fourth-order valence-corrected chi connectivity index (χ4v) is 3.19. The van der Waals surface area contributed by atoms with Crippen LogP contribution in [0.3, 0.4) is 0 Å². The molecule has 92 valence electrons. The molecule has 0 unspecified atom stereocenters. The number of hydrogen-bond acceptors (Lipinski definition) is 3. The van der Waals surface area contributed by atoms with Gasteiger partial charge in [-0.05, 0) is 12.8 Å². The Morgan fingerprint density at radius 3 is 2.00 bits per heavy atom. The van der Waals surface area contributed by atoms with Crippen molar-refractivity contribution in [2.24, 2.45) is 5.41 Å². The van der Waals surface area contributed by atoms with Crippen molar-refractivity contribution in [3.05, 3.63) is 0 Å². The molecule has 0 aliphatic carbocycles. The van der Waals surface area contributed by atoms with Gasteiger partial charge < -0.3 is 5.11 Å². The van der Waals surface area contributed by atoms with Crippen LogP contribution < -0.4 is 0 Å². The van der Waals surface area contributed by atoms with Gasteiger partial charge in [-0.3, -0.25) is 0 Å². The predicted octanol–water partition coefficient (Wildman–Crippen LogP) is 3.36. The zero-order chi connectivity index (χ0) is 11.7. The fraction of sp³-hybridized carbons (Fsp3) is 0.923. The summed E-state index contributed by atoms with van der Waals surface area (Å²) in [7, 11) is 0. The number of rotatable bonds is 9. The van der Waals surface area contributed by atoms with Crippen LogP contribution in [0.1, 0.15) is 51.4 Å². The highest BCUT2D eigenvalue weighted by Crippen LogP contribution is 2.41. The van der Waals surface area contributed by atoms with Crippen molar-refractivity contribution in [1.82, 2.24) is 0 Å². The van der Waals surface area contributed by atoms with Crippen LogP contribution in [0.2, 0.25) is 0 Å². The van der Waals surface area contributed by atoms with Crippen molar-refractivity contribution < 1.29 is 5.11 Å². The summed E-state index contributed by atoms with van der Waals surface area (Å²) in [6.45, 7) is 0.336. The van der Waals surface area contributed by atoms with Crippen molar-refractivity contribution in [1.29, 1.82) is 5.26 Å². The van der Waals surface area contributed by atoms with Gasteiger partial charge in [-0.2, -0.15) is 17.0 Å². The maximum atomic E-state index is 9.05. The van der Waals surface area contributed by atoms with Crippen LogP contribution in [0.25, 0.3) is 0 Å². The maximum Gasteiger partial charge on any atom is 0.0754 e. The van der Waals surface area contributed by atoms with E-state index >= 15 is 0 Å². The van der Waals surface area contributed by atoms with E-state index in [0.29, 0.717) is 6.61 Å². The van der Waals surface area contributed by atoms with Gasteiger partial charge in [0.25, 0.3) is 0 Å². The van der Waals surface area contributed by atoms with Crippen molar-refractivity contribution in [2.45, 2.75) is 51.4 Å². The van der Waals surface area contributed by atoms with Crippen LogP contribution in [0.4, 0.5) is 0 Å². The SMILES string of the molecule is N#CC1(CCCCCCCCCO)CSC1. The summed E-state index contributed by atoms with van der Waals surface area (Å²) < 4.78 is 0. The Hall–Kier alpha value is -0.200. The summed E-state index contributed by atoms with van der Waals surface area (Å²) in [4.78, 5) is 0. The molecule has 0 amide bonds. The molecule has 0 bridgehead atoms. The Kier molecular flexibility index (Phi) is 6.91. The number of nitriles is 1. The first-order chi connectivity index (χ1) is 7.83. The lowest BCUT2D eigenvalue weighted by molar-refractivity contribution is 0.282. The molecule has 0 atom stereocenters. The Morgan fingerprint density at radius 1 is 1.00 bits per heavy atom. The molecule has 0 radical (unpaired) electrons. The first kappa shape index (κ1) is 13.9. The fourth-order valence-electron chi connectivity index (χ4n) is 2.07. The van der Waals surface area contributed by atoms with Crippen LogP contribution in [0, 0.1) is 16.7 Å². The van der Waals surface area contributed by atoms with Gasteiger partial charge in [0.2, 0.25) is 0 Å². The van der Waals surface area contributed by atoms with E-state index in [-0.39, 0.29) is 5.41 Å². The van der Waals surface area contributed by atoms with Gasteiger partial charge in [0.1, 0.15) is 0 Å². The number of unbranched alkanes of at least 4 members (excludes halogenated alkanes) is 6. The van der Waals surface area contributed by atoms with E-state index in [1.54, 1.807) is 0 Å². The zero-order valence-corrected chi connectivity index (χ0v) is 10.9. The lowest BCUT2D eigenvalue weighted by atomic mass is 9.87. The van der Waals surface area contributed by atoms with Crippen LogP contribution in [0.15, 0.2) is 0 Å². The molecule has 1 saturated heterocycles. The van der Waals surface area contributed by atoms with Crippen LogP contribution in [0.5, 0.6) is 0 Å². The summed E-state index contributed by atoms with van der Waals surface area (Å²) in [5.41, 5.74) is 0.0432. The van der Waals surface area contributed by atoms with Gasteiger partial charge in [0.15, 0.2) is 0 Å². The second-order valence-electron chi connectivity index (χ2n) is 4.83. The molecule has 1 fully saturated rings. The second-order valence-corrected chi connectivity index (χ2v) is 5.82. The monoisotopic (exact) mass is 241 g/mol. The Labute approximate surface area is 103 Å². The van der Waals surface area contributed by atoms with Gasteiger partial charge in [0, 0.05) is 18.1 Å². The number of thioether (sulfide) groups is 1. The normalized spacial score (nSPS) is 17.8. The minimum Gasteiger partial charge on any atom is -0.396 e. The third-order valence-corrected chi connectivity index (χ3v) is 4.82. The molecule has 1 heterocycles. The Balaban J connectivity index is 1.87. The minimum absolute atomic E-state index is 0.0432. The third kappa shape index (κ3) is 4.76. The third-order valence-electron chi connectivity index (χ3n) is 3.31. The van der Waals surface area contributed by atoms with Crippen LogP contribution in [-0.4, -0.2) is 23.2 Å².